The van der Waals surface area contributed by atoms with Crippen LogP contribution in [0.1, 0.15) is 10.6 Å². The molecule has 122 valence electrons. The molecule has 23 heavy (non-hydrogen) atoms. The fourth-order valence-electron chi connectivity index (χ4n) is 1.54. The Morgan fingerprint density at radius 1 is 1.17 bits per heavy atom. The third kappa shape index (κ3) is 5.37. The number of rotatable bonds is 6. The summed E-state index contributed by atoms with van der Waals surface area (Å²) < 4.78 is 38.3. The van der Waals surface area contributed by atoms with Crippen molar-refractivity contribution in [2.75, 3.05) is 11.9 Å². The van der Waals surface area contributed by atoms with Gasteiger partial charge in [0.25, 0.3) is 5.91 Å². The molecule has 1 amide bonds. The maximum atomic E-state index is 12.0. The summed E-state index contributed by atoms with van der Waals surface area (Å²) >= 11 is 3.03. The van der Waals surface area contributed by atoms with Crippen LogP contribution in [0.3, 0.4) is 0 Å². The molecular formula is C14H10BrF2NO5. The quantitative estimate of drug-likeness (QED) is 0.765. The summed E-state index contributed by atoms with van der Waals surface area (Å²) in [6.45, 7) is -3.44. The molecule has 0 saturated carbocycles. The van der Waals surface area contributed by atoms with E-state index in [1.807, 2.05) is 0 Å². The van der Waals surface area contributed by atoms with E-state index in [0.29, 0.717) is 10.4 Å². The molecule has 6 nitrogen and oxygen atoms in total. The van der Waals surface area contributed by atoms with Crippen LogP contribution in [0, 0.1) is 0 Å². The van der Waals surface area contributed by atoms with Crippen LogP contribution in [-0.4, -0.2) is 25.1 Å². The second-order valence-corrected chi connectivity index (χ2v) is 4.91. The Morgan fingerprint density at radius 3 is 2.43 bits per heavy atom. The molecule has 0 atom stereocenters. The predicted molar refractivity (Wildman–Crippen MR) is 78.4 cm³/mol. The Morgan fingerprint density at radius 2 is 1.87 bits per heavy atom. The van der Waals surface area contributed by atoms with E-state index in [1.54, 1.807) is 0 Å². The first-order valence-electron chi connectivity index (χ1n) is 6.21. The van der Waals surface area contributed by atoms with E-state index >= 15 is 0 Å². The van der Waals surface area contributed by atoms with Crippen molar-refractivity contribution >= 4 is 33.5 Å². The molecule has 1 aromatic carbocycles. The standard InChI is InChI=1S/C14H10BrF2NO5/c15-11-6-5-10(23-11)13(20)21-7-12(19)18-8-1-3-9(4-2-8)22-14(16)17/h1-6,14H,7H2,(H,18,19). The van der Waals surface area contributed by atoms with E-state index in [1.165, 1.54) is 36.4 Å². The molecule has 0 spiro atoms. The number of hydrogen-bond donors (Lipinski definition) is 1. The second-order valence-electron chi connectivity index (χ2n) is 4.13. The zero-order valence-corrected chi connectivity index (χ0v) is 13.0. The van der Waals surface area contributed by atoms with Crippen LogP contribution >= 0.6 is 15.9 Å². The van der Waals surface area contributed by atoms with Crippen LogP contribution in [0.25, 0.3) is 0 Å². The smallest absolute Gasteiger partial charge is 0.387 e. The van der Waals surface area contributed by atoms with E-state index in [9.17, 15) is 18.4 Å². The van der Waals surface area contributed by atoms with Crippen molar-refractivity contribution in [2.45, 2.75) is 6.61 Å². The lowest BCUT2D eigenvalue weighted by Gasteiger charge is -2.07. The number of furan rings is 1. The van der Waals surface area contributed by atoms with Crippen LogP contribution in [-0.2, 0) is 9.53 Å². The van der Waals surface area contributed by atoms with Gasteiger partial charge in [-0.3, -0.25) is 4.79 Å². The van der Waals surface area contributed by atoms with Crippen molar-refractivity contribution in [3.05, 3.63) is 46.8 Å². The minimum absolute atomic E-state index is 0.0344. The van der Waals surface area contributed by atoms with Gasteiger partial charge in [0.1, 0.15) is 5.75 Å². The molecule has 0 saturated heterocycles. The van der Waals surface area contributed by atoms with E-state index < -0.39 is 25.1 Å². The van der Waals surface area contributed by atoms with Crippen molar-refractivity contribution in [2.24, 2.45) is 0 Å². The number of carbonyl (C=O) groups excluding carboxylic acids is 2. The normalized spacial score (nSPS) is 10.4. The number of ether oxygens (including phenoxy) is 2. The van der Waals surface area contributed by atoms with Gasteiger partial charge in [0.2, 0.25) is 5.76 Å². The highest BCUT2D eigenvalue weighted by Gasteiger charge is 2.14. The minimum Gasteiger partial charge on any atom is -0.450 e. The molecule has 0 fully saturated rings. The lowest BCUT2D eigenvalue weighted by Crippen LogP contribution is -2.20. The topological polar surface area (TPSA) is 77.8 Å². The lowest BCUT2D eigenvalue weighted by molar-refractivity contribution is -0.119. The summed E-state index contributed by atoms with van der Waals surface area (Å²) in [4.78, 5) is 23.2. The molecule has 0 aliphatic carbocycles. The third-order valence-electron chi connectivity index (χ3n) is 2.47. The van der Waals surface area contributed by atoms with Crippen molar-refractivity contribution in [3.63, 3.8) is 0 Å². The summed E-state index contributed by atoms with van der Waals surface area (Å²) in [5.41, 5.74) is 0.341. The van der Waals surface area contributed by atoms with Crippen LogP contribution in [0.2, 0.25) is 0 Å². The predicted octanol–water partition coefficient (Wildman–Crippen LogP) is 3.44. The molecule has 1 aromatic heterocycles. The second kappa shape index (κ2) is 7.73. The molecule has 1 heterocycles. The van der Waals surface area contributed by atoms with Gasteiger partial charge in [-0.25, -0.2) is 4.79 Å². The number of alkyl halides is 2. The summed E-state index contributed by atoms with van der Waals surface area (Å²) in [6.07, 6.45) is 0. The monoisotopic (exact) mass is 389 g/mol. The van der Waals surface area contributed by atoms with Gasteiger partial charge in [-0.05, 0) is 52.3 Å². The van der Waals surface area contributed by atoms with Crippen LogP contribution in [0.4, 0.5) is 14.5 Å². The zero-order chi connectivity index (χ0) is 16.8. The van der Waals surface area contributed by atoms with E-state index in [2.05, 4.69) is 26.0 Å². The van der Waals surface area contributed by atoms with E-state index in [4.69, 9.17) is 9.15 Å². The maximum absolute atomic E-state index is 12.0. The van der Waals surface area contributed by atoms with E-state index in [0.717, 1.165) is 0 Å². The number of amides is 1. The number of carbonyl (C=O) groups is 2. The Labute approximate surface area is 137 Å². The Kier molecular flexibility index (Phi) is 5.69. The largest absolute Gasteiger partial charge is 0.450 e. The highest BCUT2D eigenvalue weighted by Crippen LogP contribution is 2.18. The highest BCUT2D eigenvalue weighted by atomic mass is 79.9. The Balaban J connectivity index is 1.81. The molecule has 0 unspecified atom stereocenters. The summed E-state index contributed by atoms with van der Waals surface area (Å²) in [5.74, 6) is -1.45. The van der Waals surface area contributed by atoms with Crippen molar-refractivity contribution in [1.29, 1.82) is 0 Å². The van der Waals surface area contributed by atoms with Gasteiger partial charge in [0.05, 0.1) is 0 Å². The molecule has 0 bridgehead atoms. The number of benzene rings is 1. The number of halogens is 3. The molecule has 0 aliphatic rings. The first-order chi connectivity index (χ1) is 10.9. The summed E-state index contributed by atoms with van der Waals surface area (Å²) in [5, 5.41) is 2.44. The number of anilines is 1. The SMILES string of the molecule is O=C(COC(=O)c1ccc(Br)o1)Nc1ccc(OC(F)F)cc1. The third-order valence-corrected chi connectivity index (χ3v) is 2.90. The summed E-state index contributed by atoms with van der Waals surface area (Å²) in [7, 11) is 0. The van der Waals surface area contributed by atoms with Gasteiger partial charge < -0.3 is 19.2 Å². The van der Waals surface area contributed by atoms with Crippen LogP contribution in [0.15, 0.2) is 45.5 Å². The average Bonchev–Trinajstić information content (AvgIpc) is 2.93. The molecule has 0 radical (unpaired) electrons. The fourth-order valence-corrected chi connectivity index (χ4v) is 1.85. The van der Waals surface area contributed by atoms with Gasteiger partial charge in [-0.2, -0.15) is 8.78 Å². The molecule has 2 rings (SSSR count). The molecular weight excluding hydrogens is 380 g/mol. The van der Waals surface area contributed by atoms with E-state index in [-0.39, 0.29) is 11.5 Å². The van der Waals surface area contributed by atoms with Gasteiger partial charge >= 0.3 is 12.6 Å². The average molecular weight is 390 g/mol. The number of esters is 1. The first kappa shape index (κ1) is 16.9. The Bertz CT molecular complexity index is 687. The lowest BCUT2D eigenvalue weighted by atomic mass is 10.3. The van der Waals surface area contributed by atoms with Crippen LogP contribution in [0.5, 0.6) is 5.75 Å². The maximum Gasteiger partial charge on any atom is 0.387 e. The van der Waals surface area contributed by atoms with Crippen molar-refractivity contribution in [3.8, 4) is 5.75 Å². The molecule has 1 N–H and O–H groups in total. The molecule has 0 aliphatic heterocycles. The summed E-state index contributed by atoms with van der Waals surface area (Å²) in [6, 6.07) is 8.20. The van der Waals surface area contributed by atoms with Gasteiger partial charge in [0.15, 0.2) is 11.3 Å². The Hall–Kier alpha value is -2.42. The first-order valence-corrected chi connectivity index (χ1v) is 7.00. The minimum atomic E-state index is -2.92. The van der Waals surface area contributed by atoms with Gasteiger partial charge in [-0.1, -0.05) is 0 Å². The fraction of sp³-hybridized carbons (Fsp3) is 0.143. The molecule has 2 aromatic rings. The molecule has 9 heteroatoms. The van der Waals surface area contributed by atoms with Crippen LogP contribution < -0.4 is 10.1 Å². The van der Waals surface area contributed by atoms with Crippen molar-refractivity contribution < 1.29 is 32.3 Å². The number of hydrogen-bond acceptors (Lipinski definition) is 5. The number of nitrogens with one attached hydrogen (secondary N) is 1. The van der Waals surface area contributed by atoms with Gasteiger partial charge in [-0.15, -0.1) is 0 Å². The van der Waals surface area contributed by atoms with Crippen molar-refractivity contribution in [1.82, 2.24) is 0 Å². The van der Waals surface area contributed by atoms with Gasteiger partial charge in [0, 0.05) is 5.69 Å². The highest BCUT2D eigenvalue weighted by molar-refractivity contribution is 9.10. The zero-order valence-electron chi connectivity index (χ0n) is 11.4.